The minimum atomic E-state index is -0.308. The van der Waals surface area contributed by atoms with Gasteiger partial charge in [-0.15, -0.1) is 11.3 Å². The first-order valence-corrected chi connectivity index (χ1v) is 12.2. The van der Waals surface area contributed by atoms with Crippen LogP contribution in [0.2, 0.25) is 0 Å². The second kappa shape index (κ2) is 9.33. The molecule has 0 unspecified atom stereocenters. The fourth-order valence-corrected chi connectivity index (χ4v) is 5.67. The van der Waals surface area contributed by atoms with Gasteiger partial charge in [0.25, 0.3) is 5.91 Å². The fraction of sp³-hybridized carbons (Fsp3) is 0.160. The van der Waals surface area contributed by atoms with Crippen LogP contribution >= 0.6 is 23.1 Å². The molecule has 5 rings (SSSR count). The molecule has 0 bridgehead atoms. The van der Waals surface area contributed by atoms with Crippen LogP contribution in [0.5, 0.6) is 5.75 Å². The van der Waals surface area contributed by atoms with E-state index in [4.69, 9.17) is 4.74 Å². The Morgan fingerprint density at radius 1 is 1.12 bits per heavy atom. The molecule has 0 saturated heterocycles. The van der Waals surface area contributed by atoms with Crippen LogP contribution < -0.4 is 4.74 Å². The van der Waals surface area contributed by atoms with E-state index in [0.717, 1.165) is 37.1 Å². The predicted octanol–water partition coefficient (Wildman–Crippen LogP) is 5.91. The van der Waals surface area contributed by atoms with Gasteiger partial charge in [0, 0.05) is 6.42 Å². The van der Waals surface area contributed by atoms with E-state index in [0.29, 0.717) is 6.42 Å². The summed E-state index contributed by atoms with van der Waals surface area (Å²) in [5, 5.41) is 6.22. The third kappa shape index (κ3) is 4.62. The molecule has 0 spiro atoms. The van der Waals surface area contributed by atoms with Crippen molar-refractivity contribution in [3.8, 4) is 5.75 Å². The predicted molar refractivity (Wildman–Crippen MR) is 130 cm³/mol. The van der Waals surface area contributed by atoms with Crippen molar-refractivity contribution in [3.05, 3.63) is 89.7 Å². The molecular formula is C25H20FN3O2S2. The lowest BCUT2D eigenvalue weighted by Crippen LogP contribution is -2.28. The number of benzene rings is 3. The first-order chi connectivity index (χ1) is 16.1. The molecule has 4 aromatic rings. The highest BCUT2D eigenvalue weighted by Gasteiger charge is 2.33. The Bertz CT molecular complexity index is 1290. The molecular weight excluding hydrogens is 457 g/mol. The monoisotopic (exact) mass is 477 g/mol. The van der Waals surface area contributed by atoms with Crippen LogP contribution in [-0.2, 0) is 4.79 Å². The summed E-state index contributed by atoms with van der Waals surface area (Å²) in [5.41, 5.74) is 3.52. The maximum Gasteiger partial charge on any atom is 0.253 e. The summed E-state index contributed by atoms with van der Waals surface area (Å²) < 4.78 is 20.7. The highest BCUT2D eigenvalue weighted by atomic mass is 32.2. The zero-order chi connectivity index (χ0) is 22.8. The largest absolute Gasteiger partial charge is 0.497 e. The van der Waals surface area contributed by atoms with Crippen molar-refractivity contribution < 1.29 is 13.9 Å². The van der Waals surface area contributed by atoms with Gasteiger partial charge in [-0.2, -0.15) is 5.10 Å². The number of hydrazone groups is 1. The molecule has 5 nitrogen and oxygen atoms in total. The van der Waals surface area contributed by atoms with Gasteiger partial charge in [-0.05, 0) is 59.7 Å². The van der Waals surface area contributed by atoms with Crippen molar-refractivity contribution in [1.82, 2.24) is 9.99 Å². The maximum atomic E-state index is 13.5. The maximum absolute atomic E-state index is 13.5. The van der Waals surface area contributed by atoms with Gasteiger partial charge in [0.2, 0.25) is 0 Å². The number of thiazole rings is 1. The van der Waals surface area contributed by atoms with E-state index in [1.165, 1.54) is 28.9 Å². The summed E-state index contributed by atoms with van der Waals surface area (Å²) >= 11 is 2.99. The molecule has 1 amide bonds. The average Bonchev–Trinajstić information content (AvgIpc) is 3.48. The Morgan fingerprint density at radius 2 is 1.88 bits per heavy atom. The van der Waals surface area contributed by atoms with Gasteiger partial charge in [0.15, 0.2) is 4.34 Å². The van der Waals surface area contributed by atoms with Gasteiger partial charge in [0.1, 0.15) is 11.6 Å². The van der Waals surface area contributed by atoms with Crippen molar-refractivity contribution in [3.63, 3.8) is 0 Å². The van der Waals surface area contributed by atoms with Crippen molar-refractivity contribution in [2.45, 2.75) is 16.8 Å². The molecule has 2 heterocycles. The highest BCUT2D eigenvalue weighted by molar-refractivity contribution is 8.01. The number of carbonyl (C=O) groups is 1. The van der Waals surface area contributed by atoms with Crippen LogP contribution in [0.4, 0.5) is 4.39 Å². The number of thioether (sulfide) groups is 1. The number of nitrogens with zero attached hydrogens (tertiary/aromatic N) is 3. The van der Waals surface area contributed by atoms with Crippen LogP contribution in [-0.4, -0.2) is 34.5 Å². The molecule has 0 fully saturated rings. The Labute approximate surface area is 198 Å². The van der Waals surface area contributed by atoms with Crippen LogP contribution in [0.15, 0.2) is 82.2 Å². The Hall–Kier alpha value is -3.23. The minimum absolute atomic E-state index is 0.114. The van der Waals surface area contributed by atoms with E-state index in [9.17, 15) is 9.18 Å². The molecule has 8 heteroatoms. The van der Waals surface area contributed by atoms with Crippen molar-refractivity contribution in [1.29, 1.82) is 0 Å². The zero-order valence-corrected chi connectivity index (χ0v) is 19.4. The smallest absolute Gasteiger partial charge is 0.253 e. The molecule has 166 valence electrons. The van der Waals surface area contributed by atoms with Gasteiger partial charge >= 0.3 is 0 Å². The van der Waals surface area contributed by atoms with Gasteiger partial charge in [-0.1, -0.05) is 36.0 Å². The van der Waals surface area contributed by atoms with Gasteiger partial charge in [0.05, 0.1) is 34.8 Å². The fourth-order valence-electron chi connectivity index (χ4n) is 3.75. The molecule has 1 aliphatic rings. The lowest BCUT2D eigenvalue weighted by Gasteiger charge is -2.21. The molecule has 0 radical (unpaired) electrons. The molecule has 0 aliphatic carbocycles. The third-order valence-electron chi connectivity index (χ3n) is 5.44. The summed E-state index contributed by atoms with van der Waals surface area (Å²) in [4.78, 5) is 17.8. The third-order valence-corrected chi connectivity index (χ3v) is 7.60. The molecule has 0 N–H and O–H groups in total. The SMILES string of the molecule is COc1ccc(C2=NN(C(=O)CSc3nc4ccccc4s3)[C@@H](c3ccc(F)cc3)C2)cc1. The number of fused-ring (bicyclic) bond motifs is 1. The van der Waals surface area contributed by atoms with E-state index < -0.39 is 0 Å². The topological polar surface area (TPSA) is 54.8 Å². The number of methoxy groups -OCH3 is 1. The number of carbonyl (C=O) groups excluding carboxylic acids is 1. The number of aromatic nitrogens is 1. The molecule has 1 aromatic heterocycles. The van der Waals surface area contributed by atoms with Crippen LogP contribution in [0.25, 0.3) is 10.2 Å². The number of para-hydroxylation sites is 1. The first kappa shape index (κ1) is 21.6. The molecule has 3 aromatic carbocycles. The van der Waals surface area contributed by atoms with Crippen molar-refractivity contribution >= 4 is 44.9 Å². The Morgan fingerprint density at radius 3 is 2.61 bits per heavy atom. The van der Waals surface area contributed by atoms with E-state index in [-0.39, 0.29) is 23.5 Å². The second-order valence-corrected chi connectivity index (χ2v) is 9.77. The number of rotatable bonds is 6. The molecule has 0 saturated carbocycles. The Balaban J connectivity index is 1.38. The molecule has 1 aliphatic heterocycles. The number of halogens is 1. The van der Waals surface area contributed by atoms with Gasteiger partial charge < -0.3 is 4.74 Å². The lowest BCUT2D eigenvalue weighted by atomic mass is 9.98. The number of hydrogen-bond acceptors (Lipinski definition) is 6. The minimum Gasteiger partial charge on any atom is -0.497 e. The first-order valence-electron chi connectivity index (χ1n) is 10.4. The van der Waals surface area contributed by atoms with Crippen LogP contribution in [0, 0.1) is 5.82 Å². The highest BCUT2D eigenvalue weighted by Crippen LogP contribution is 2.35. The number of hydrogen-bond donors (Lipinski definition) is 0. The van der Waals surface area contributed by atoms with Crippen molar-refractivity contribution in [2.75, 3.05) is 12.9 Å². The van der Waals surface area contributed by atoms with E-state index >= 15 is 0 Å². The van der Waals surface area contributed by atoms with Gasteiger partial charge in [-0.25, -0.2) is 14.4 Å². The summed E-state index contributed by atoms with van der Waals surface area (Å²) in [7, 11) is 1.62. The lowest BCUT2D eigenvalue weighted by molar-refractivity contribution is -0.130. The van der Waals surface area contributed by atoms with E-state index in [2.05, 4.69) is 10.1 Å². The standard InChI is InChI=1S/C25H20FN3O2S2/c1-31-19-12-8-16(9-13-19)21-14-22(17-6-10-18(26)11-7-17)29(28-21)24(30)15-32-25-27-20-4-2-3-5-23(20)33-25/h2-13,22H,14-15H2,1H3/t22-/m1/s1. The second-order valence-electron chi connectivity index (χ2n) is 7.52. The average molecular weight is 478 g/mol. The van der Waals surface area contributed by atoms with Crippen molar-refractivity contribution in [2.24, 2.45) is 5.10 Å². The molecule has 1 atom stereocenters. The summed E-state index contributed by atoms with van der Waals surface area (Å²) in [6.07, 6.45) is 0.551. The summed E-state index contributed by atoms with van der Waals surface area (Å²) in [5.74, 6) is 0.554. The van der Waals surface area contributed by atoms with Gasteiger partial charge in [-0.3, -0.25) is 4.79 Å². The van der Waals surface area contributed by atoms with E-state index in [1.54, 1.807) is 30.6 Å². The Kier molecular flexibility index (Phi) is 6.11. The normalized spacial score (nSPS) is 15.6. The zero-order valence-electron chi connectivity index (χ0n) is 17.8. The summed E-state index contributed by atoms with van der Waals surface area (Å²) in [6.45, 7) is 0. The van der Waals surface area contributed by atoms with Crippen LogP contribution in [0.3, 0.4) is 0 Å². The van der Waals surface area contributed by atoms with Crippen LogP contribution in [0.1, 0.15) is 23.6 Å². The summed E-state index contributed by atoms with van der Waals surface area (Å²) in [6, 6.07) is 21.5. The number of amides is 1. The molecule has 33 heavy (non-hydrogen) atoms. The number of ether oxygens (including phenoxy) is 1. The quantitative estimate of drug-likeness (QED) is 0.324. The van der Waals surface area contributed by atoms with E-state index in [1.807, 2.05) is 48.5 Å².